The van der Waals surface area contributed by atoms with Crippen LogP contribution in [0.25, 0.3) is 0 Å². The van der Waals surface area contributed by atoms with Crippen LogP contribution in [0.1, 0.15) is 18.9 Å². The molecule has 4 heteroatoms. The van der Waals surface area contributed by atoms with Gasteiger partial charge in [-0.15, -0.1) is 0 Å². The van der Waals surface area contributed by atoms with Gasteiger partial charge in [0.2, 0.25) is 0 Å². The van der Waals surface area contributed by atoms with E-state index in [1.54, 1.807) is 4.90 Å². The molecule has 0 aliphatic carbocycles. The molecular formula is C15H22N2O2. The summed E-state index contributed by atoms with van der Waals surface area (Å²) in [4.78, 5) is 16.1. The Hall–Kier alpha value is -1.55. The Morgan fingerprint density at radius 1 is 1.16 bits per heavy atom. The van der Waals surface area contributed by atoms with Gasteiger partial charge in [0.25, 0.3) is 0 Å². The minimum absolute atomic E-state index is 0.194. The van der Waals surface area contributed by atoms with E-state index in [2.05, 4.69) is 11.8 Å². The highest BCUT2D eigenvalue weighted by Crippen LogP contribution is 2.07. The van der Waals surface area contributed by atoms with Crippen LogP contribution in [0.2, 0.25) is 0 Å². The number of carbonyl (C=O) groups excluding carboxylic acids is 1. The number of hydrogen-bond acceptors (Lipinski definition) is 3. The average Bonchev–Trinajstić information content (AvgIpc) is 2.47. The Morgan fingerprint density at radius 2 is 1.84 bits per heavy atom. The van der Waals surface area contributed by atoms with E-state index in [1.807, 2.05) is 30.3 Å². The Bertz CT molecular complexity index is 386. The Labute approximate surface area is 115 Å². The fourth-order valence-corrected chi connectivity index (χ4v) is 2.28. The molecular weight excluding hydrogens is 240 g/mol. The van der Waals surface area contributed by atoms with Crippen molar-refractivity contribution < 1.29 is 9.53 Å². The molecule has 104 valence electrons. The number of hydrogen-bond donors (Lipinski definition) is 0. The summed E-state index contributed by atoms with van der Waals surface area (Å²) >= 11 is 0. The summed E-state index contributed by atoms with van der Waals surface area (Å²) in [6.45, 7) is 7.10. The van der Waals surface area contributed by atoms with E-state index in [1.165, 1.54) is 6.42 Å². The van der Waals surface area contributed by atoms with Crippen molar-refractivity contribution in [3.05, 3.63) is 35.9 Å². The number of amides is 1. The molecule has 1 aromatic carbocycles. The van der Waals surface area contributed by atoms with Crippen LogP contribution >= 0.6 is 0 Å². The largest absolute Gasteiger partial charge is 0.445 e. The molecule has 1 aromatic rings. The molecule has 0 atom stereocenters. The van der Waals surface area contributed by atoms with Crippen LogP contribution in [0.3, 0.4) is 0 Å². The fraction of sp³-hybridized carbons (Fsp3) is 0.533. The first-order chi connectivity index (χ1) is 9.29. The topological polar surface area (TPSA) is 32.8 Å². The molecule has 0 aromatic heterocycles. The molecule has 2 rings (SSSR count). The van der Waals surface area contributed by atoms with Gasteiger partial charge in [-0.1, -0.05) is 37.3 Å². The van der Waals surface area contributed by atoms with E-state index in [-0.39, 0.29) is 6.09 Å². The van der Waals surface area contributed by atoms with Gasteiger partial charge < -0.3 is 9.64 Å². The normalized spacial score (nSPS) is 16.4. The summed E-state index contributed by atoms with van der Waals surface area (Å²) in [6, 6.07) is 9.79. The van der Waals surface area contributed by atoms with Crippen LogP contribution in [0.4, 0.5) is 4.79 Å². The van der Waals surface area contributed by atoms with Crippen LogP contribution in [0, 0.1) is 0 Å². The summed E-state index contributed by atoms with van der Waals surface area (Å²) in [5.74, 6) is 0. The van der Waals surface area contributed by atoms with Crippen molar-refractivity contribution in [2.75, 3.05) is 32.7 Å². The zero-order chi connectivity index (χ0) is 13.5. The molecule has 0 unspecified atom stereocenters. The van der Waals surface area contributed by atoms with Crippen molar-refractivity contribution in [3.63, 3.8) is 0 Å². The quantitative estimate of drug-likeness (QED) is 0.835. The summed E-state index contributed by atoms with van der Waals surface area (Å²) < 4.78 is 5.33. The molecule has 0 spiro atoms. The van der Waals surface area contributed by atoms with E-state index < -0.39 is 0 Å². The number of benzene rings is 1. The summed E-state index contributed by atoms with van der Waals surface area (Å²) in [6.07, 6.45) is 0.971. The van der Waals surface area contributed by atoms with Crippen molar-refractivity contribution in [3.8, 4) is 0 Å². The average molecular weight is 262 g/mol. The third kappa shape index (κ3) is 4.24. The minimum Gasteiger partial charge on any atom is -0.445 e. The van der Waals surface area contributed by atoms with Crippen molar-refractivity contribution in [2.45, 2.75) is 20.0 Å². The molecule has 0 saturated carbocycles. The Kier molecular flexibility index (Phi) is 5.21. The zero-order valence-corrected chi connectivity index (χ0v) is 11.5. The summed E-state index contributed by atoms with van der Waals surface area (Å²) in [5, 5.41) is 0. The van der Waals surface area contributed by atoms with Crippen LogP contribution in [-0.2, 0) is 11.3 Å². The second-order valence-corrected chi connectivity index (χ2v) is 4.87. The van der Waals surface area contributed by atoms with Gasteiger partial charge in [0.05, 0.1) is 0 Å². The highest BCUT2D eigenvalue weighted by Gasteiger charge is 2.21. The third-order valence-corrected chi connectivity index (χ3v) is 3.38. The maximum Gasteiger partial charge on any atom is 0.410 e. The molecule has 1 heterocycles. The minimum atomic E-state index is -0.194. The van der Waals surface area contributed by atoms with E-state index >= 15 is 0 Å². The molecule has 4 nitrogen and oxygen atoms in total. The molecule has 0 bridgehead atoms. The second-order valence-electron chi connectivity index (χ2n) is 4.87. The summed E-state index contributed by atoms with van der Waals surface area (Å²) in [7, 11) is 0. The predicted molar refractivity (Wildman–Crippen MR) is 74.9 cm³/mol. The van der Waals surface area contributed by atoms with Gasteiger partial charge in [0.1, 0.15) is 6.61 Å². The van der Waals surface area contributed by atoms with Crippen LogP contribution in [0.5, 0.6) is 0 Å². The first-order valence-electron chi connectivity index (χ1n) is 6.97. The lowest BCUT2D eigenvalue weighted by molar-refractivity contribution is 0.0717. The predicted octanol–water partition coefficient (Wildman–Crippen LogP) is 2.35. The van der Waals surface area contributed by atoms with Crippen molar-refractivity contribution >= 4 is 6.09 Å². The summed E-state index contributed by atoms with van der Waals surface area (Å²) in [5.41, 5.74) is 1.03. The van der Waals surface area contributed by atoms with Crippen molar-refractivity contribution in [2.24, 2.45) is 0 Å². The number of piperazine rings is 1. The smallest absolute Gasteiger partial charge is 0.410 e. The van der Waals surface area contributed by atoms with Crippen LogP contribution < -0.4 is 0 Å². The molecule has 0 N–H and O–H groups in total. The number of nitrogens with zero attached hydrogens (tertiary/aromatic N) is 2. The second kappa shape index (κ2) is 7.14. The Balaban J connectivity index is 1.73. The van der Waals surface area contributed by atoms with Gasteiger partial charge >= 0.3 is 6.09 Å². The van der Waals surface area contributed by atoms with Gasteiger partial charge in [0, 0.05) is 26.2 Å². The molecule has 19 heavy (non-hydrogen) atoms. The number of ether oxygens (including phenoxy) is 1. The Morgan fingerprint density at radius 3 is 2.47 bits per heavy atom. The standard InChI is InChI=1S/C15H22N2O2/c1-2-8-16-9-11-17(12-10-16)15(18)19-13-14-6-4-3-5-7-14/h3-7H,2,8-13H2,1H3. The maximum absolute atomic E-state index is 11.9. The van der Waals surface area contributed by atoms with Gasteiger partial charge in [-0.25, -0.2) is 4.79 Å². The van der Waals surface area contributed by atoms with E-state index in [0.29, 0.717) is 6.61 Å². The molecule has 1 amide bonds. The molecule has 1 saturated heterocycles. The lowest BCUT2D eigenvalue weighted by Gasteiger charge is -2.33. The molecule has 0 radical (unpaired) electrons. The lowest BCUT2D eigenvalue weighted by Crippen LogP contribution is -2.48. The molecule has 1 aliphatic rings. The fourth-order valence-electron chi connectivity index (χ4n) is 2.28. The van der Waals surface area contributed by atoms with Crippen molar-refractivity contribution in [1.82, 2.24) is 9.80 Å². The van der Waals surface area contributed by atoms with E-state index in [9.17, 15) is 4.79 Å². The van der Waals surface area contributed by atoms with Crippen molar-refractivity contribution in [1.29, 1.82) is 0 Å². The van der Waals surface area contributed by atoms with Gasteiger partial charge in [0.15, 0.2) is 0 Å². The van der Waals surface area contributed by atoms with Crippen LogP contribution in [-0.4, -0.2) is 48.6 Å². The monoisotopic (exact) mass is 262 g/mol. The van der Waals surface area contributed by atoms with Gasteiger partial charge in [-0.3, -0.25) is 4.90 Å². The molecule has 1 fully saturated rings. The van der Waals surface area contributed by atoms with Gasteiger partial charge in [-0.2, -0.15) is 0 Å². The first kappa shape index (κ1) is 13.9. The maximum atomic E-state index is 11.9. The van der Waals surface area contributed by atoms with E-state index in [4.69, 9.17) is 4.74 Å². The van der Waals surface area contributed by atoms with Crippen LogP contribution in [0.15, 0.2) is 30.3 Å². The lowest BCUT2D eigenvalue weighted by atomic mass is 10.2. The van der Waals surface area contributed by atoms with Gasteiger partial charge in [-0.05, 0) is 18.5 Å². The highest BCUT2D eigenvalue weighted by atomic mass is 16.6. The first-order valence-corrected chi connectivity index (χ1v) is 6.97. The molecule has 1 aliphatic heterocycles. The highest BCUT2D eigenvalue weighted by molar-refractivity contribution is 5.67. The zero-order valence-electron chi connectivity index (χ0n) is 11.5. The number of carbonyl (C=O) groups is 1. The van der Waals surface area contributed by atoms with E-state index in [0.717, 1.165) is 38.3 Å². The number of rotatable bonds is 4. The third-order valence-electron chi connectivity index (χ3n) is 3.38. The SMILES string of the molecule is CCCN1CCN(C(=O)OCc2ccccc2)CC1.